The normalized spacial score (nSPS) is 15.8. The van der Waals surface area contributed by atoms with Crippen molar-refractivity contribution >= 4 is 11.7 Å². The first-order valence-corrected chi connectivity index (χ1v) is 7.52. The first-order valence-electron chi connectivity index (χ1n) is 7.52. The average Bonchev–Trinajstić information content (AvgIpc) is 3.05. The fourth-order valence-corrected chi connectivity index (χ4v) is 2.67. The Hall–Kier alpha value is -2.44. The Kier molecular flexibility index (Phi) is 4.32. The van der Waals surface area contributed by atoms with Crippen LogP contribution in [0, 0.1) is 0 Å². The van der Waals surface area contributed by atoms with Gasteiger partial charge in [0.1, 0.15) is 11.6 Å². The average molecular weight is 301 g/mol. The number of aryl methyl sites for hydroxylation is 1. The highest BCUT2D eigenvalue weighted by molar-refractivity contribution is 5.93. The summed E-state index contributed by atoms with van der Waals surface area (Å²) >= 11 is 0. The molecule has 1 aliphatic heterocycles. The summed E-state index contributed by atoms with van der Waals surface area (Å²) in [5.74, 6) is 1.37. The van der Waals surface area contributed by atoms with Crippen molar-refractivity contribution in [2.75, 3.05) is 18.0 Å². The van der Waals surface area contributed by atoms with Crippen LogP contribution < -0.4 is 10.2 Å². The molecule has 3 heterocycles. The van der Waals surface area contributed by atoms with E-state index < -0.39 is 0 Å². The fourth-order valence-electron chi connectivity index (χ4n) is 2.67. The van der Waals surface area contributed by atoms with E-state index in [4.69, 9.17) is 4.42 Å². The van der Waals surface area contributed by atoms with Gasteiger partial charge in [0.05, 0.1) is 6.20 Å². The zero-order valence-electron chi connectivity index (χ0n) is 12.5. The first-order chi connectivity index (χ1) is 10.8. The van der Waals surface area contributed by atoms with E-state index in [0.29, 0.717) is 17.9 Å². The number of carbonyl (C=O) groups excluding carboxylic acids is 1. The van der Waals surface area contributed by atoms with Crippen molar-refractivity contribution in [3.8, 4) is 0 Å². The van der Waals surface area contributed by atoms with Crippen LogP contribution in [0.1, 0.15) is 36.0 Å². The smallest absolute Gasteiger partial charge is 0.273 e. The van der Waals surface area contributed by atoms with Gasteiger partial charge in [0.15, 0.2) is 12.1 Å². The van der Waals surface area contributed by atoms with Crippen LogP contribution in [0.3, 0.4) is 0 Å². The Labute approximate surface area is 128 Å². The molecule has 0 spiro atoms. The van der Waals surface area contributed by atoms with Gasteiger partial charge in [0.2, 0.25) is 0 Å². The Balaban J connectivity index is 1.55. The van der Waals surface area contributed by atoms with Crippen LogP contribution in [-0.2, 0) is 6.42 Å². The Bertz CT molecular complexity index is 620. The van der Waals surface area contributed by atoms with Gasteiger partial charge in [0, 0.05) is 37.9 Å². The van der Waals surface area contributed by atoms with E-state index in [9.17, 15) is 4.79 Å². The van der Waals surface area contributed by atoms with Gasteiger partial charge in [-0.15, -0.1) is 0 Å². The van der Waals surface area contributed by atoms with E-state index >= 15 is 0 Å². The molecule has 2 aromatic rings. The lowest BCUT2D eigenvalue weighted by atomic mass is 10.0. The predicted molar refractivity (Wildman–Crippen MR) is 80.6 cm³/mol. The summed E-state index contributed by atoms with van der Waals surface area (Å²) in [6.07, 6.45) is 8.86. The van der Waals surface area contributed by atoms with Gasteiger partial charge in [-0.1, -0.05) is 6.92 Å². The van der Waals surface area contributed by atoms with E-state index in [1.807, 2.05) is 6.92 Å². The second kappa shape index (κ2) is 6.55. The SMILES string of the molecule is CCc1ocnc1C(=O)NC1CCN(c2cnccn2)CC1. The summed E-state index contributed by atoms with van der Waals surface area (Å²) in [5, 5.41) is 3.04. The molecule has 0 aromatic carbocycles. The van der Waals surface area contributed by atoms with E-state index in [0.717, 1.165) is 31.7 Å². The third-order valence-electron chi connectivity index (χ3n) is 3.88. The molecule has 3 rings (SSSR count). The van der Waals surface area contributed by atoms with Gasteiger partial charge in [-0.3, -0.25) is 9.78 Å². The Morgan fingerprint density at radius 1 is 1.36 bits per heavy atom. The molecule has 0 bridgehead atoms. The fraction of sp³-hybridized carbons (Fsp3) is 0.467. The van der Waals surface area contributed by atoms with Crippen molar-refractivity contribution in [3.63, 3.8) is 0 Å². The molecule has 1 saturated heterocycles. The number of amides is 1. The number of nitrogens with zero attached hydrogens (tertiary/aromatic N) is 4. The molecule has 1 aliphatic rings. The third kappa shape index (κ3) is 3.08. The summed E-state index contributed by atoms with van der Waals surface area (Å²) in [6.45, 7) is 3.64. The van der Waals surface area contributed by atoms with Crippen molar-refractivity contribution in [1.82, 2.24) is 20.3 Å². The Morgan fingerprint density at radius 3 is 2.86 bits per heavy atom. The monoisotopic (exact) mass is 301 g/mol. The number of carbonyl (C=O) groups is 1. The number of hydrogen-bond acceptors (Lipinski definition) is 6. The molecule has 1 amide bonds. The summed E-state index contributed by atoms with van der Waals surface area (Å²) in [6, 6.07) is 0.154. The molecule has 7 heteroatoms. The van der Waals surface area contributed by atoms with Gasteiger partial charge in [-0.05, 0) is 12.8 Å². The van der Waals surface area contributed by atoms with Crippen LogP contribution in [-0.4, -0.2) is 40.0 Å². The molecule has 2 aromatic heterocycles. The number of nitrogens with one attached hydrogen (secondary N) is 1. The number of oxazole rings is 1. The molecule has 0 atom stereocenters. The zero-order chi connectivity index (χ0) is 15.4. The molecule has 0 unspecified atom stereocenters. The lowest BCUT2D eigenvalue weighted by molar-refractivity contribution is 0.0924. The van der Waals surface area contributed by atoms with Crippen molar-refractivity contribution in [1.29, 1.82) is 0 Å². The molecule has 1 fully saturated rings. The maximum absolute atomic E-state index is 12.2. The van der Waals surface area contributed by atoms with Gasteiger partial charge < -0.3 is 14.6 Å². The quantitative estimate of drug-likeness (QED) is 0.919. The van der Waals surface area contributed by atoms with E-state index in [-0.39, 0.29) is 11.9 Å². The lowest BCUT2D eigenvalue weighted by Crippen LogP contribution is -2.45. The van der Waals surface area contributed by atoms with E-state index in [2.05, 4.69) is 25.2 Å². The molecule has 22 heavy (non-hydrogen) atoms. The number of aromatic nitrogens is 3. The maximum atomic E-state index is 12.2. The summed E-state index contributed by atoms with van der Waals surface area (Å²) in [5.41, 5.74) is 0.402. The third-order valence-corrected chi connectivity index (χ3v) is 3.88. The van der Waals surface area contributed by atoms with Crippen LogP contribution in [0.25, 0.3) is 0 Å². The highest BCUT2D eigenvalue weighted by atomic mass is 16.3. The van der Waals surface area contributed by atoms with Gasteiger partial charge in [-0.25, -0.2) is 9.97 Å². The lowest BCUT2D eigenvalue weighted by Gasteiger charge is -2.32. The number of hydrogen-bond donors (Lipinski definition) is 1. The minimum absolute atomic E-state index is 0.149. The van der Waals surface area contributed by atoms with Gasteiger partial charge in [-0.2, -0.15) is 0 Å². The van der Waals surface area contributed by atoms with Crippen LogP contribution in [0.5, 0.6) is 0 Å². The summed E-state index contributed by atoms with van der Waals surface area (Å²) in [4.78, 5) is 26.8. The summed E-state index contributed by atoms with van der Waals surface area (Å²) in [7, 11) is 0. The van der Waals surface area contributed by atoms with Crippen molar-refractivity contribution < 1.29 is 9.21 Å². The van der Waals surface area contributed by atoms with E-state index in [1.165, 1.54) is 6.39 Å². The number of piperidine rings is 1. The first kappa shape index (κ1) is 14.5. The summed E-state index contributed by atoms with van der Waals surface area (Å²) < 4.78 is 5.20. The molecule has 116 valence electrons. The van der Waals surface area contributed by atoms with Crippen molar-refractivity contribution in [2.45, 2.75) is 32.2 Å². The molecule has 0 saturated carbocycles. The molecular formula is C15H19N5O2. The second-order valence-electron chi connectivity index (χ2n) is 5.28. The maximum Gasteiger partial charge on any atom is 0.273 e. The topological polar surface area (TPSA) is 84.2 Å². The highest BCUT2D eigenvalue weighted by Crippen LogP contribution is 2.17. The number of rotatable bonds is 4. The number of anilines is 1. The standard InChI is InChI=1S/C15H19N5O2/c1-2-12-14(18-10-22-12)15(21)19-11-3-7-20(8-4-11)13-9-16-5-6-17-13/h5-6,9-11H,2-4,7-8H2,1H3,(H,19,21). The molecular weight excluding hydrogens is 282 g/mol. The van der Waals surface area contributed by atoms with Crippen molar-refractivity contribution in [2.24, 2.45) is 0 Å². The van der Waals surface area contributed by atoms with Crippen LogP contribution in [0.2, 0.25) is 0 Å². The molecule has 7 nitrogen and oxygen atoms in total. The Morgan fingerprint density at radius 2 is 2.18 bits per heavy atom. The van der Waals surface area contributed by atoms with Crippen LogP contribution in [0.4, 0.5) is 5.82 Å². The molecule has 0 aliphatic carbocycles. The second-order valence-corrected chi connectivity index (χ2v) is 5.28. The zero-order valence-corrected chi connectivity index (χ0v) is 12.5. The van der Waals surface area contributed by atoms with Crippen LogP contribution in [0.15, 0.2) is 29.4 Å². The largest absolute Gasteiger partial charge is 0.448 e. The highest BCUT2D eigenvalue weighted by Gasteiger charge is 2.24. The van der Waals surface area contributed by atoms with Crippen molar-refractivity contribution in [3.05, 3.63) is 36.4 Å². The van der Waals surface area contributed by atoms with Gasteiger partial charge >= 0.3 is 0 Å². The van der Waals surface area contributed by atoms with Crippen LogP contribution >= 0.6 is 0 Å². The minimum atomic E-state index is -0.149. The molecule has 0 radical (unpaired) electrons. The van der Waals surface area contributed by atoms with Gasteiger partial charge in [0.25, 0.3) is 5.91 Å². The predicted octanol–water partition coefficient (Wildman–Crippen LogP) is 1.43. The molecule has 1 N–H and O–H groups in total. The van der Waals surface area contributed by atoms with E-state index in [1.54, 1.807) is 18.6 Å². The minimum Gasteiger partial charge on any atom is -0.448 e.